The van der Waals surface area contributed by atoms with E-state index in [1.54, 1.807) is 24.3 Å². The molecule has 0 radical (unpaired) electrons. The van der Waals surface area contributed by atoms with Crippen molar-refractivity contribution in [1.29, 1.82) is 0 Å². The van der Waals surface area contributed by atoms with Gasteiger partial charge < -0.3 is 15.3 Å². The predicted molar refractivity (Wildman–Crippen MR) is 157 cm³/mol. The van der Waals surface area contributed by atoms with Crippen molar-refractivity contribution in [2.45, 2.75) is 90.1 Å². The van der Waals surface area contributed by atoms with E-state index in [-0.39, 0.29) is 37.4 Å². The Labute approximate surface area is 245 Å². The Morgan fingerprint density at radius 3 is 2.02 bits per heavy atom. The van der Waals surface area contributed by atoms with Crippen LogP contribution in [0.25, 0.3) is 0 Å². The fraction of sp³-hybridized carbons (Fsp3) is 0.500. The summed E-state index contributed by atoms with van der Waals surface area (Å²) in [5.74, 6) is -2.06. The van der Waals surface area contributed by atoms with Crippen molar-refractivity contribution in [2.24, 2.45) is 0 Å². The molecule has 0 saturated carbocycles. The van der Waals surface area contributed by atoms with Crippen LogP contribution in [0.4, 0.5) is 11.4 Å². The van der Waals surface area contributed by atoms with Crippen LogP contribution in [-0.4, -0.2) is 50.2 Å². The van der Waals surface area contributed by atoms with Crippen molar-refractivity contribution < 1.29 is 29.3 Å². The summed E-state index contributed by atoms with van der Waals surface area (Å²) in [7, 11) is 0. The molecule has 12 nitrogen and oxygen atoms in total. The third kappa shape index (κ3) is 12.0. The lowest BCUT2D eigenvalue weighted by atomic mass is 10.1. The summed E-state index contributed by atoms with van der Waals surface area (Å²) in [6, 6.07) is 10.8. The first-order valence-corrected chi connectivity index (χ1v) is 14.4. The van der Waals surface area contributed by atoms with Crippen LogP contribution < -0.4 is 5.32 Å². The number of non-ortho nitro benzene ring substituents is 2. The number of hydrogen-bond donors (Lipinski definition) is 2. The van der Waals surface area contributed by atoms with Gasteiger partial charge in [0, 0.05) is 31.6 Å². The lowest BCUT2D eigenvalue weighted by Gasteiger charge is -2.23. The predicted octanol–water partition coefficient (Wildman–Crippen LogP) is 6.03. The van der Waals surface area contributed by atoms with Crippen molar-refractivity contribution in [2.75, 3.05) is 6.54 Å². The van der Waals surface area contributed by atoms with Gasteiger partial charge in [-0.25, -0.2) is 4.79 Å². The summed E-state index contributed by atoms with van der Waals surface area (Å²) >= 11 is 0. The first-order valence-electron chi connectivity index (χ1n) is 14.4. The highest BCUT2D eigenvalue weighted by molar-refractivity contribution is 5.95. The Morgan fingerprint density at radius 1 is 0.857 bits per heavy atom. The zero-order valence-electron chi connectivity index (χ0n) is 24.0. The summed E-state index contributed by atoms with van der Waals surface area (Å²) in [6.07, 6.45) is 8.56. The van der Waals surface area contributed by atoms with Gasteiger partial charge in [0.05, 0.1) is 21.5 Å². The number of nitrogens with one attached hydrogen (secondary N) is 1. The molecule has 0 aliphatic heterocycles. The molecule has 0 aromatic heterocycles. The van der Waals surface area contributed by atoms with Crippen LogP contribution in [0.3, 0.4) is 0 Å². The van der Waals surface area contributed by atoms with Crippen molar-refractivity contribution in [1.82, 2.24) is 10.2 Å². The molecule has 228 valence electrons. The third-order valence-electron chi connectivity index (χ3n) is 6.89. The molecular formula is C30H40N4O8. The van der Waals surface area contributed by atoms with E-state index in [2.05, 4.69) is 12.2 Å². The summed E-state index contributed by atoms with van der Waals surface area (Å²) in [5, 5.41) is 34.8. The molecule has 1 unspecified atom stereocenters. The molecule has 2 aromatic rings. The number of carboxylic acids is 1. The van der Waals surface area contributed by atoms with Gasteiger partial charge in [-0.1, -0.05) is 75.8 Å². The van der Waals surface area contributed by atoms with Crippen LogP contribution in [0.2, 0.25) is 0 Å². The molecule has 0 bridgehead atoms. The standard InChI is InChI=1S/C30H40N4O8/c1-2-3-4-5-6-7-11-17-28(35)31-27(30(37)38)16-12-13-18-32(22-23-14-9-8-10-15-23)29(36)24-19-25(33(39)40)21-26(20-24)34(41)42/h8-10,14-15,19-21,27H,2-7,11-13,16-18,22H2,1H3,(H,31,35)(H,37,38). The third-order valence-corrected chi connectivity index (χ3v) is 6.89. The topological polar surface area (TPSA) is 173 Å². The van der Waals surface area contributed by atoms with Crippen molar-refractivity contribution in [3.8, 4) is 0 Å². The van der Waals surface area contributed by atoms with Crippen LogP contribution in [0.1, 0.15) is 93.5 Å². The number of nitrogens with zero attached hydrogens (tertiary/aromatic N) is 3. The van der Waals surface area contributed by atoms with E-state index in [9.17, 15) is 39.7 Å². The van der Waals surface area contributed by atoms with E-state index in [1.165, 1.54) is 24.2 Å². The molecule has 0 aliphatic carbocycles. The Balaban J connectivity index is 2.00. The second-order valence-corrected chi connectivity index (χ2v) is 10.3. The number of nitro groups is 2. The van der Waals surface area contributed by atoms with Crippen molar-refractivity contribution in [3.63, 3.8) is 0 Å². The van der Waals surface area contributed by atoms with E-state index >= 15 is 0 Å². The Kier molecular flexibility index (Phi) is 14.6. The highest BCUT2D eigenvalue weighted by atomic mass is 16.6. The largest absolute Gasteiger partial charge is 0.480 e. The molecule has 0 heterocycles. The number of carbonyl (C=O) groups is 3. The second kappa shape index (κ2) is 18.2. The van der Waals surface area contributed by atoms with E-state index in [4.69, 9.17) is 0 Å². The zero-order chi connectivity index (χ0) is 30.9. The first-order chi connectivity index (χ1) is 20.1. The first kappa shape index (κ1) is 33.9. The SMILES string of the molecule is CCCCCCCCCC(=O)NC(CCCCN(Cc1ccccc1)C(=O)c1cc([N+](=O)[O-])cc([N+](=O)[O-])c1)C(=O)O. The molecule has 42 heavy (non-hydrogen) atoms. The molecular weight excluding hydrogens is 544 g/mol. The molecule has 2 aromatic carbocycles. The van der Waals surface area contributed by atoms with Gasteiger partial charge in [-0.15, -0.1) is 0 Å². The van der Waals surface area contributed by atoms with Gasteiger partial charge in [-0.3, -0.25) is 29.8 Å². The number of carbonyl (C=O) groups excluding carboxylic acids is 2. The zero-order valence-corrected chi connectivity index (χ0v) is 24.0. The molecule has 12 heteroatoms. The van der Waals surface area contributed by atoms with Gasteiger partial charge in [0.2, 0.25) is 5.91 Å². The number of aliphatic carboxylic acids is 1. The van der Waals surface area contributed by atoms with E-state index < -0.39 is 39.1 Å². The van der Waals surface area contributed by atoms with Gasteiger partial charge in [0.1, 0.15) is 6.04 Å². The quantitative estimate of drug-likeness (QED) is 0.108. The lowest BCUT2D eigenvalue weighted by molar-refractivity contribution is -0.394. The minimum Gasteiger partial charge on any atom is -0.480 e. The monoisotopic (exact) mass is 584 g/mol. The van der Waals surface area contributed by atoms with Crippen LogP contribution in [0, 0.1) is 20.2 Å². The number of unbranched alkanes of at least 4 members (excludes halogenated alkanes) is 7. The molecule has 2 N–H and O–H groups in total. The highest BCUT2D eigenvalue weighted by Gasteiger charge is 2.24. The van der Waals surface area contributed by atoms with Gasteiger partial charge >= 0.3 is 5.97 Å². The molecule has 1 atom stereocenters. The molecule has 0 spiro atoms. The summed E-state index contributed by atoms with van der Waals surface area (Å²) in [5.41, 5.74) is -0.535. The molecule has 0 fully saturated rings. The maximum atomic E-state index is 13.4. The van der Waals surface area contributed by atoms with E-state index in [0.29, 0.717) is 19.3 Å². The Hall–Kier alpha value is -4.35. The van der Waals surface area contributed by atoms with Crippen LogP contribution in [0.15, 0.2) is 48.5 Å². The van der Waals surface area contributed by atoms with Crippen LogP contribution >= 0.6 is 0 Å². The minimum absolute atomic E-state index is 0.147. The van der Waals surface area contributed by atoms with Gasteiger partial charge in [0.25, 0.3) is 17.3 Å². The Morgan fingerprint density at radius 2 is 1.45 bits per heavy atom. The van der Waals surface area contributed by atoms with Gasteiger partial charge in [-0.05, 0) is 31.2 Å². The van der Waals surface area contributed by atoms with Crippen molar-refractivity contribution in [3.05, 3.63) is 79.9 Å². The Bertz CT molecular complexity index is 1170. The van der Waals surface area contributed by atoms with Crippen molar-refractivity contribution >= 4 is 29.2 Å². The average molecular weight is 585 g/mol. The number of nitro benzene ring substituents is 2. The number of hydrogen-bond acceptors (Lipinski definition) is 7. The molecule has 2 rings (SSSR count). The summed E-state index contributed by atoms with van der Waals surface area (Å²) < 4.78 is 0. The molecule has 0 saturated heterocycles. The number of benzene rings is 2. The van der Waals surface area contributed by atoms with E-state index in [0.717, 1.165) is 43.0 Å². The van der Waals surface area contributed by atoms with Gasteiger partial charge in [-0.2, -0.15) is 0 Å². The average Bonchev–Trinajstić information content (AvgIpc) is 2.97. The molecule has 2 amide bonds. The summed E-state index contributed by atoms with van der Waals surface area (Å²) in [6.45, 7) is 2.47. The molecule has 0 aliphatic rings. The van der Waals surface area contributed by atoms with Crippen LogP contribution in [-0.2, 0) is 16.1 Å². The maximum absolute atomic E-state index is 13.4. The van der Waals surface area contributed by atoms with Gasteiger partial charge in [0.15, 0.2) is 0 Å². The maximum Gasteiger partial charge on any atom is 0.326 e. The lowest BCUT2D eigenvalue weighted by Crippen LogP contribution is -2.40. The minimum atomic E-state index is -1.14. The van der Waals surface area contributed by atoms with Crippen LogP contribution in [0.5, 0.6) is 0 Å². The number of rotatable bonds is 20. The smallest absolute Gasteiger partial charge is 0.326 e. The summed E-state index contributed by atoms with van der Waals surface area (Å²) in [4.78, 5) is 60.0. The highest BCUT2D eigenvalue weighted by Crippen LogP contribution is 2.24. The fourth-order valence-corrected chi connectivity index (χ4v) is 4.59. The van der Waals surface area contributed by atoms with E-state index in [1.807, 2.05) is 6.07 Å². The normalized spacial score (nSPS) is 11.5. The fourth-order valence-electron chi connectivity index (χ4n) is 4.59. The number of carboxylic acid groups (broad SMARTS) is 1. The second-order valence-electron chi connectivity index (χ2n) is 10.3. The number of amides is 2.